The van der Waals surface area contributed by atoms with Crippen LogP contribution in [-0.2, 0) is 10.2 Å². The van der Waals surface area contributed by atoms with E-state index in [1.165, 1.54) is 0 Å². The van der Waals surface area contributed by atoms with E-state index in [-0.39, 0.29) is 11.3 Å². The van der Waals surface area contributed by atoms with Crippen LogP contribution < -0.4 is 5.32 Å². The minimum absolute atomic E-state index is 0.0522. The summed E-state index contributed by atoms with van der Waals surface area (Å²) in [5.74, 6) is 0.587. The second kappa shape index (κ2) is 5.90. The van der Waals surface area contributed by atoms with Crippen molar-refractivity contribution in [1.29, 1.82) is 0 Å². The van der Waals surface area contributed by atoms with Crippen LogP contribution in [0.1, 0.15) is 39.8 Å². The van der Waals surface area contributed by atoms with Gasteiger partial charge in [0.15, 0.2) is 0 Å². The quantitative estimate of drug-likeness (QED) is 0.925. The first-order chi connectivity index (χ1) is 9.82. The molecule has 0 aliphatic carbocycles. The number of halogens is 1. The lowest BCUT2D eigenvalue weighted by Crippen LogP contribution is -2.14. The molecule has 1 amide bonds. The van der Waals surface area contributed by atoms with Crippen LogP contribution in [0.5, 0.6) is 0 Å². The highest BCUT2D eigenvalue weighted by atomic mass is 35.5. The summed E-state index contributed by atoms with van der Waals surface area (Å²) in [7, 11) is 0. The molecule has 1 aromatic heterocycles. The number of hydrogen-bond donors (Lipinski definition) is 1. The SMILES string of the molecule is CCC(=O)Nc1cc(C(C)(C)C)nn1-c1ccccc1Cl. The molecule has 0 atom stereocenters. The lowest BCUT2D eigenvalue weighted by molar-refractivity contribution is -0.115. The van der Waals surface area contributed by atoms with Gasteiger partial charge in [-0.05, 0) is 12.1 Å². The first kappa shape index (κ1) is 15.6. The van der Waals surface area contributed by atoms with Crippen LogP contribution in [0, 0.1) is 0 Å². The van der Waals surface area contributed by atoms with Crippen molar-refractivity contribution in [2.24, 2.45) is 0 Å². The molecular weight excluding hydrogens is 286 g/mol. The van der Waals surface area contributed by atoms with Gasteiger partial charge in [-0.25, -0.2) is 4.68 Å². The van der Waals surface area contributed by atoms with E-state index < -0.39 is 0 Å². The van der Waals surface area contributed by atoms with Gasteiger partial charge in [0.05, 0.1) is 16.4 Å². The van der Waals surface area contributed by atoms with Crippen molar-refractivity contribution in [2.45, 2.75) is 39.5 Å². The molecule has 0 radical (unpaired) electrons. The van der Waals surface area contributed by atoms with Gasteiger partial charge < -0.3 is 5.32 Å². The Morgan fingerprint density at radius 2 is 2.00 bits per heavy atom. The summed E-state index contributed by atoms with van der Waals surface area (Å²) in [5, 5.41) is 8.09. The van der Waals surface area contributed by atoms with E-state index in [1.807, 2.05) is 31.2 Å². The molecule has 0 aliphatic heterocycles. The fourth-order valence-corrected chi connectivity index (χ4v) is 2.09. The molecule has 1 aromatic carbocycles. The van der Waals surface area contributed by atoms with Gasteiger partial charge in [-0.3, -0.25) is 4.79 Å². The molecule has 0 fully saturated rings. The maximum Gasteiger partial charge on any atom is 0.225 e. The Hall–Kier alpha value is -1.81. The number of hydrogen-bond acceptors (Lipinski definition) is 2. The summed E-state index contributed by atoms with van der Waals surface area (Å²) in [6.45, 7) is 8.06. The first-order valence-electron chi connectivity index (χ1n) is 6.98. The van der Waals surface area contributed by atoms with Crippen LogP contribution in [0.25, 0.3) is 5.69 Å². The molecule has 4 nitrogen and oxygen atoms in total. The van der Waals surface area contributed by atoms with Gasteiger partial charge in [0.2, 0.25) is 5.91 Å². The standard InChI is InChI=1S/C16H20ClN3O/c1-5-15(21)18-14-10-13(16(2,3)4)19-20(14)12-9-7-6-8-11(12)17/h6-10H,5H2,1-4H3,(H,18,21). The van der Waals surface area contributed by atoms with Crippen molar-refractivity contribution >= 4 is 23.3 Å². The first-order valence-corrected chi connectivity index (χ1v) is 7.36. The molecule has 0 spiro atoms. The molecule has 112 valence electrons. The third-order valence-corrected chi connectivity index (χ3v) is 3.47. The van der Waals surface area contributed by atoms with Crippen LogP contribution in [0.2, 0.25) is 5.02 Å². The maximum absolute atomic E-state index is 11.7. The Morgan fingerprint density at radius 3 is 2.57 bits per heavy atom. The number of para-hydroxylation sites is 1. The van der Waals surface area contributed by atoms with Crippen LogP contribution in [0.4, 0.5) is 5.82 Å². The van der Waals surface area contributed by atoms with Crippen molar-refractivity contribution in [3.63, 3.8) is 0 Å². The number of carbonyl (C=O) groups is 1. The van der Waals surface area contributed by atoms with E-state index in [4.69, 9.17) is 11.6 Å². The Balaban J connectivity index is 2.55. The summed E-state index contributed by atoms with van der Waals surface area (Å²) in [5.41, 5.74) is 1.54. The second-order valence-corrected chi connectivity index (χ2v) is 6.34. The minimum atomic E-state index is -0.113. The highest BCUT2D eigenvalue weighted by Crippen LogP contribution is 2.28. The average molecular weight is 306 g/mol. The zero-order chi connectivity index (χ0) is 15.6. The molecular formula is C16H20ClN3O. The van der Waals surface area contributed by atoms with Gasteiger partial charge in [0, 0.05) is 17.9 Å². The number of rotatable bonds is 3. The molecule has 2 rings (SSSR count). The fraction of sp³-hybridized carbons (Fsp3) is 0.375. The summed E-state index contributed by atoms with van der Waals surface area (Å²) in [6.07, 6.45) is 0.415. The third kappa shape index (κ3) is 3.45. The summed E-state index contributed by atoms with van der Waals surface area (Å²) >= 11 is 6.25. The second-order valence-electron chi connectivity index (χ2n) is 5.93. The number of amides is 1. The van der Waals surface area contributed by atoms with Gasteiger partial charge >= 0.3 is 0 Å². The molecule has 2 aromatic rings. The number of nitrogens with one attached hydrogen (secondary N) is 1. The Kier molecular flexibility index (Phi) is 4.37. The predicted molar refractivity (Wildman–Crippen MR) is 86.2 cm³/mol. The highest BCUT2D eigenvalue weighted by molar-refractivity contribution is 6.32. The number of nitrogens with zero attached hydrogens (tertiary/aromatic N) is 2. The molecule has 0 aliphatic rings. The largest absolute Gasteiger partial charge is 0.311 e. The Morgan fingerprint density at radius 1 is 1.33 bits per heavy atom. The number of carbonyl (C=O) groups excluding carboxylic acids is 1. The predicted octanol–water partition coefficient (Wildman–Crippen LogP) is 4.17. The van der Waals surface area contributed by atoms with Gasteiger partial charge in [0.25, 0.3) is 0 Å². The molecule has 5 heteroatoms. The van der Waals surface area contributed by atoms with Crippen molar-refractivity contribution in [1.82, 2.24) is 9.78 Å². The van der Waals surface area contributed by atoms with E-state index in [2.05, 4.69) is 31.2 Å². The zero-order valence-corrected chi connectivity index (χ0v) is 13.5. The van der Waals surface area contributed by atoms with E-state index in [0.29, 0.717) is 17.3 Å². The lowest BCUT2D eigenvalue weighted by Gasteiger charge is -2.14. The molecule has 0 saturated heterocycles. The van der Waals surface area contributed by atoms with Gasteiger partial charge in [0.1, 0.15) is 5.82 Å². The monoisotopic (exact) mass is 305 g/mol. The molecule has 0 bridgehead atoms. The van der Waals surface area contributed by atoms with Crippen molar-refractivity contribution < 1.29 is 4.79 Å². The zero-order valence-electron chi connectivity index (χ0n) is 12.8. The molecule has 0 saturated carbocycles. The third-order valence-electron chi connectivity index (χ3n) is 3.15. The van der Waals surface area contributed by atoms with Gasteiger partial charge in [-0.2, -0.15) is 5.10 Å². The van der Waals surface area contributed by atoms with Gasteiger partial charge in [-0.15, -0.1) is 0 Å². The molecule has 1 N–H and O–H groups in total. The van der Waals surface area contributed by atoms with E-state index in [0.717, 1.165) is 11.4 Å². The summed E-state index contributed by atoms with van der Waals surface area (Å²) < 4.78 is 1.69. The van der Waals surface area contributed by atoms with Crippen LogP contribution in [0.3, 0.4) is 0 Å². The minimum Gasteiger partial charge on any atom is -0.311 e. The van der Waals surface area contributed by atoms with Crippen molar-refractivity contribution in [2.75, 3.05) is 5.32 Å². The molecule has 1 heterocycles. The highest BCUT2D eigenvalue weighted by Gasteiger charge is 2.21. The van der Waals surface area contributed by atoms with Crippen LogP contribution in [-0.4, -0.2) is 15.7 Å². The maximum atomic E-state index is 11.7. The number of aromatic nitrogens is 2. The number of benzene rings is 1. The normalized spacial score (nSPS) is 11.5. The van der Waals surface area contributed by atoms with Gasteiger partial charge in [-0.1, -0.05) is 51.4 Å². The number of anilines is 1. The van der Waals surface area contributed by atoms with Crippen LogP contribution in [0.15, 0.2) is 30.3 Å². The van der Waals surface area contributed by atoms with Crippen LogP contribution >= 0.6 is 11.6 Å². The fourth-order valence-electron chi connectivity index (χ4n) is 1.88. The topological polar surface area (TPSA) is 46.9 Å². The summed E-state index contributed by atoms with van der Waals surface area (Å²) in [6, 6.07) is 9.34. The van der Waals surface area contributed by atoms with Crippen molar-refractivity contribution in [3.8, 4) is 5.69 Å². The Labute approximate surface area is 130 Å². The van der Waals surface area contributed by atoms with E-state index >= 15 is 0 Å². The van der Waals surface area contributed by atoms with Crippen molar-refractivity contribution in [3.05, 3.63) is 41.0 Å². The summed E-state index contributed by atoms with van der Waals surface area (Å²) in [4.78, 5) is 11.7. The molecule has 21 heavy (non-hydrogen) atoms. The lowest BCUT2D eigenvalue weighted by atomic mass is 9.92. The molecule has 0 unspecified atom stereocenters. The van der Waals surface area contributed by atoms with E-state index in [9.17, 15) is 4.79 Å². The Bertz CT molecular complexity index is 656. The smallest absolute Gasteiger partial charge is 0.225 e. The average Bonchev–Trinajstić information content (AvgIpc) is 2.83. The van der Waals surface area contributed by atoms with E-state index in [1.54, 1.807) is 10.7 Å².